The molecule has 3 heterocycles. The molecule has 1 spiro atoms. The van der Waals surface area contributed by atoms with Crippen molar-refractivity contribution >= 4 is 11.9 Å². The molecule has 6 nitrogen and oxygen atoms in total. The van der Waals surface area contributed by atoms with E-state index in [-0.39, 0.29) is 23.8 Å². The van der Waals surface area contributed by atoms with Crippen LogP contribution in [0.5, 0.6) is 0 Å². The summed E-state index contributed by atoms with van der Waals surface area (Å²) >= 11 is 0. The zero-order chi connectivity index (χ0) is 21.3. The van der Waals surface area contributed by atoms with Gasteiger partial charge in [-0.3, -0.25) is 14.6 Å². The number of nitrogens with one attached hydrogen (secondary N) is 1. The lowest BCUT2D eigenvalue weighted by molar-refractivity contribution is -0.135. The third-order valence-electron chi connectivity index (χ3n) is 6.77. The molecule has 3 aliphatic heterocycles. The first-order chi connectivity index (χ1) is 14.4. The highest BCUT2D eigenvalue weighted by molar-refractivity contribution is 6.07. The summed E-state index contributed by atoms with van der Waals surface area (Å²) in [5, 5.41) is 3.06. The summed E-state index contributed by atoms with van der Waals surface area (Å²) in [5.41, 5.74) is 0.382. The van der Waals surface area contributed by atoms with Crippen LogP contribution in [-0.4, -0.2) is 70.9 Å². The minimum Gasteiger partial charge on any atom is -0.323 e. The standard InChI is InChI=1S/C23H33FN4O2/c1-17(2)15-27-13-9-23(10-14-27)21(29)28(22(30)25-23)20-7-11-26(12-8-20)16-18-3-5-19(24)6-4-18/h3-6,17,20H,7-16H2,1-2H3,(H,25,30). The summed E-state index contributed by atoms with van der Waals surface area (Å²) in [6, 6.07) is 6.36. The Morgan fingerprint density at radius 2 is 1.67 bits per heavy atom. The number of halogens is 1. The lowest BCUT2D eigenvalue weighted by atomic mass is 9.86. The lowest BCUT2D eigenvalue weighted by Gasteiger charge is -2.39. The number of carbonyl (C=O) groups excluding carboxylic acids is 2. The van der Waals surface area contributed by atoms with Gasteiger partial charge in [-0.25, -0.2) is 9.18 Å². The molecule has 1 N–H and O–H groups in total. The van der Waals surface area contributed by atoms with Crippen molar-refractivity contribution in [3.8, 4) is 0 Å². The third-order valence-corrected chi connectivity index (χ3v) is 6.77. The molecule has 3 fully saturated rings. The van der Waals surface area contributed by atoms with E-state index in [0.29, 0.717) is 18.8 Å². The number of piperidine rings is 2. The fraction of sp³-hybridized carbons (Fsp3) is 0.652. The first-order valence-electron chi connectivity index (χ1n) is 11.2. The third kappa shape index (κ3) is 4.37. The summed E-state index contributed by atoms with van der Waals surface area (Å²) < 4.78 is 13.1. The SMILES string of the molecule is CC(C)CN1CCC2(CC1)NC(=O)N(C1CCN(Cc3ccc(F)cc3)CC1)C2=O. The Labute approximate surface area is 178 Å². The zero-order valence-electron chi connectivity index (χ0n) is 18.1. The van der Waals surface area contributed by atoms with E-state index in [9.17, 15) is 14.0 Å². The normalized spacial score (nSPS) is 23.5. The van der Waals surface area contributed by atoms with Gasteiger partial charge in [0.15, 0.2) is 0 Å². The molecule has 7 heteroatoms. The van der Waals surface area contributed by atoms with Gasteiger partial charge in [-0.05, 0) is 49.3 Å². The van der Waals surface area contributed by atoms with Gasteiger partial charge in [-0.15, -0.1) is 0 Å². The minimum absolute atomic E-state index is 0.0197. The molecule has 164 valence electrons. The van der Waals surface area contributed by atoms with E-state index in [1.54, 1.807) is 0 Å². The zero-order valence-corrected chi connectivity index (χ0v) is 18.1. The van der Waals surface area contributed by atoms with E-state index in [4.69, 9.17) is 0 Å². The second kappa shape index (κ2) is 8.63. The fourth-order valence-electron chi connectivity index (χ4n) is 5.13. The van der Waals surface area contributed by atoms with Gasteiger partial charge in [0.05, 0.1) is 0 Å². The Morgan fingerprint density at radius 3 is 2.27 bits per heavy atom. The maximum absolute atomic E-state index is 13.3. The maximum Gasteiger partial charge on any atom is 0.325 e. The Balaban J connectivity index is 1.32. The number of hydrogen-bond donors (Lipinski definition) is 1. The van der Waals surface area contributed by atoms with Crippen LogP contribution < -0.4 is 5.32 Å². The number of urea groups is 1. The molecule has 0 aliphatic carbocycles. The molecular formula is C23H33FN4O2. The molecule has 0 radical (unpaired) electrons. The van der Waals surface area contributed by atoms with Crippen molar-refractivity contribution in [2.24, 2.45) is 5.92 Å². The number of carbonyl (C=O) groups is 2. The summed E-state index contributed by atoms with van der Waals surface area (Å²) in [6.07, 6.45) is 2.97. The lowest BCUT2D eigenvalue weighted by Crippen LogP contribution is -2.56. The van der Waals surface area contributed by atoms with Crippen LogP contribution in [0.1, 0.15) is 45.1 Å². The van der Waals surface area contributed by atoms with Crippen LogP contribution in [0.4, 0.5) is 9.18 Å². The van der Waals surface area contributed by atoms with Gasteiger partial charge in [0, 0.05) is 45.3 Å². The van der Waals surface area contributed by atoms with Gasteiger partial charge in [0.2, 0.25) is 0 Å². The molecular weight excluding hydrogens is 383 g/mol. The average Bonchev–Trinajstić information content (AvgIpc) is 2.96. The number of rotatable bonds is 5. The molecule has 0 atom stereocenters. The van der Waals surface area contributed by atoms with E-state index >= 15 is 0 Å². The Bertz CT molecular complexity index is 766. The van der Waals surface area contributed by atoms with E-state index in [1.807, 2.05) is 12.1 Å². The number of likely N-dealkylation sites (tertiary alicyclic amines) is 2. The first kappa shape index (κ1) is 21.2. The predicted molar refractivity (Wildman–Crippen MR) is 113 cm³/mol. The van der Waals surface area contributed by atoms with Gasteiger partial charge in [-0.2, -0.15) is 0 Å². The molecule has 0 saturated carbocycles. The molecule has 3 amide bonds. The molecule has 1 aromatic rings. The summed E-state index contributed by atoms with van der Waals surface area (Å²) in [5.74, 6) is 0.359. The van der Waals surface area contributed by atoms with Crippen molar-refractivity contribution < 1.29 is 14.0 Å². The Morgan fingerprint density at radius 1 is 1.03 bits per heavy atom. The monoisotopic (exact) mass is 416 g/mol. The van der Waals surface area contributed by atoms with E-state index < -0.39 is 5.54 Å². The largest absolute Gasteiger partial charge is 0.325 e. The van der Waals surface area contributed by atoms with Crippen molar-refractivity contribution in [3.05, 3.63) is 35.6 Å². The summed E-state index contributed by atoms with van der Waals surface area (Å²) in [7, 11) is 0. The maximum atomic E-state index is 13.3. The highest BCUT2D eigenvalue weighted by Gasteiger charge is 2.54. The van der Waals surface area contributed by atoms with Crippen molar-refractivity contribution in [2.45, 2.75) is 57.7 Å². The van der Waals surface area contributed by atoms with Crippen LogP contribution in [0.25, 0.3) is 0 Å². The molecule has 0 bridgehead atoms. The van der Waals surface area contributed by atoms with Crippen molar-refractivity contribution in [3.63, 3.8) is 0 Å². The molecule has 0 unspecified atom stereocenters. The number of imide groups is 1. The topological polar surface area (TPSA) is 55.9 Å². The highest BCUT2D eigenvalue weighted by atomic mass is 19.1. The molecule has 0 aromatic heterocycles. The van der Waals surface area contributed by atoms with Crippen LogP contribution in [0.3, 0.4) is 0 Å². The van der Waals surface area contributed by atoms with E-state index in [0.717, 1.165) is 57.7 Å². The number of benzene rings is 1. The number of hydrogen-bond acceptors (Lipinski definition) is 4. The molecule has 1 aromatic carbocycles. The molecule has 3 saturated heterocycles. The van der Waals surface area contributed by atoms with Crippen LogP contribution in [0.2, 0.25) is 0 Å². The Kier molecular flexibility index (Phi) is 6.11. The van der Waals surface area contributed by atoms with Gasteiger partial charge in [-0.1, -0.05) is 26.0 Å². The Hall–Kier alpha value is -1.99. The molecule has 3 aliphatic rings. The van der Waals surface area contributed by atoms with Gasteiger partial charge < -0.3 is 10.2 Å². The average molecular weight is 417 g/mol. The second-order valence-corrected chi connectivity index (χ2v) is 9.52. The van der Waals surface area contributed by atoms with Crippen molar-refractivity contribution in [2.75, 3.05) is 32.7 Å². The quantitative estimate of drug-likeness (QED) is 0.750. The number of amides is 3. The fourth-order valence-corrected chi connectivity index (χ4v) is 5.13. The van der Waals surface area contributed by atoms with Crippen LogP contribution in [-0.2, 0) is 11.3 Å². The summed E-state index contributed by atoms with van der Waals surface area (Å²) in [6.45, 7) is 9.58. The van der Waals surface area contributed by atoms with Crippen molar-refractivity contribution in [1.82, 2.24) is 20.0 Å². The van der Waals surface area contributed by atoms with Gasteiger partial charge >= 0.3 is 6.03 Å². The highest BCUT2D eigenvalue weighted by Crippen LogP contribution is 2.33. The van der Waals surface area contributed by atoms with Crippen LogP contribution in [0, 0.1) is 11.7 Å². The second-order valence-electron chi connectivity index (χ2n) is 9.52. The van der Waals surface area contributed by atoms with Gasteiger partial charge in [0.25, 0.3) is 5.91 Å². The van der Waals surface area contributed by atoms with Crippen LogP contribution >= 0.6 is 0 Å². The van der Waals surface area contributed by atoms with Crippen molar-refractivity contribution in [1.29, 1.82) is 0 Å². The van der Waals surface area contributed by atoms with Crippen LogP contribution in [0.15, 0.2) is 24.3 Å². The van der Waals surface area contributed by atoms with E-state index in [2.05, 4.69) is 29.0 Å². The summed E-state index contributed by atoms with van der Waals surface area (Å²) in [4.78, 5) is 32.3. The molecule has 4 rings (SSSR count). The smallest absolute Gasteiger partial charge is 0.323 e. The molecule has 30 heavy (non-hydrogen) atoms. The minimum atomic E-state index is -0.699. The number of nitrogens with zero attached hydrogens (tertiary/aromatic N) is 3. The first-order valence-corrected chi connectivity index (χ1v) is 11.2. The van der Waals surface area contributed by atoms with E-state index in [1.165, 1.54) is 17.0 Å². The predicted octanol–water partition coefficient (Wildman–Crippen LogP) is 2.83. The van der Waals surface area contributed by atoms with Gasteiger partial charge in [0.1, 0.15) is 11.4 Å².